The van der Waals surface area contributed by atoms with Gasteiger partial charge in [-0.15, -0.1) is 0 Å². The number of rotatable bonds is 13. The fourth-order valence-corrected chi connectivity index (χ4v) is 5.76. The molecule has 38 heavy (non-hydrogen) atoms. The molecule has 0 fully saturated rings. The maximum absolute atomic E-state index is 13.5. The second kappa shape index (κ2) is 13.4. The Bertz CT molecular complexity index is 1260. The van der Waals surface area contributed by atoms with Gasteiger partial charge in [0.15, 0.2) is 0 Å². The first kappa shape index (κ1) is 29.1. The molecule has 0 aliphatic heterocycles. The van der Waals surface area contributed by atoms with E-state index in [4.69, 9.17) is 4.74 Å². The number of aliphatic hydroxyl groups is 1. The minimum absolute atomic E-state index is 0.0374. The normalized spacial score (nSPS) is 13.4. The van der Waals surface area contributed by atoms with Crippen molar-refractivity contribution >= 4 is 16.0 Å². The lowest BCUT2D eigenvalue weighted by molar-refractivity contribution is -0.147. The largest absolute Gasteiger partial charge is 0.508 e. The number of ether oxygens (including phenoxy) is 1. The molecule has 0 aliphatic rings. The Hall–Kier alpha value is -3.47. The van der Waals surface area contributed by atoms with Crippen molar-refractivity contribution in [3.8, 4) is 11.5 Å². The van der Waals surface area contributed by atoms with Crippen molar-refractivity contribution in [2.75, 3.05) is 13.1 Å². The van der Waals surface area contributed by atoms with E-state index in [1.807, 2.05) is 44.2 Å². The Morgan fingerprint density at radius 3 is 2.24 bits per heavy atom. The summed E-state index contributed by atoms with van der Waals surface area (Å²) in [5.74, 6) is -2.04. The van der Waals surface area contributed by atoms with Gasteiger partial charge in [0, 0.05) is 55.2 Å². The molecule has 204 valence electrons. The Morgan fingerprint density at radius 2 is 1.63 bits per heavy atom. The summed E-state index contributed by atoms with van der Waals surface area (Å²) in [6.45, 7) is 3.51. The smallest absolute Gasteiger partial charge is 0.306 e. The van der Waals surface area contributed by atoms with Gasteiger partial charge in [-0.3, -0.25) is 9.78 Å². The molecule has 1 aromatic heterocycles. The molecule has 0 aliphatic carbocycles. The van der Waals surface area contributed by atoms with Crippen LogP contribution in [-0.4, -0.2) is 58.2 Å². The van der Waals surface area contributed by atoms with Gasteiger partial charge in [-0.1, -0.05) is 50.2 Å². The minimum Gasteiger partial charge on any atom is -0.508 e. The molecule has 10 heteroatoms. The van der Waals surface area contributed by atoms with Gasteiger partial charge >= 0.3 is 5.97 Å². The van der Waals surface area contributed by atoms with E-state index in [1.165, 1.54) is 0 Å². The summed E-state index contributed by atoms with van der Waals surface area (Å²) < 4.78 is 33.5. The number of phenols is 2. The maximum atomic E-state index is 13.5. The first-order valence-corrected chi connectivity index (χ1v) is 13.8. The molecule has 2 aromatic carbocycles. The number of nitrogens with zero attached hydrogens (tertiary/aromatic N) is 2. The Morgan fingerprint density at radius 1 is 0.974 bits per heavy atom. The van der Waals surface area contributed by atoms with Crippen LogP contribution in [-0.2, 0) is 32.6 Å². The highest BCUT2D eigenvalue weighted by Gasteiger charge is 2.32. The summed E-state index contributed by atoms with van der Waals surface area (Å²) in [4.78, 5) is 16.4. The maximum Gasteiger partial charge on any atom is 0.306 e. The highest BCUT2D eigenvalue weighted by atomic mass is 32.2. The predicted octanol–water partition coefficient (Wildman–Crippen LogP) is 3.49. The number of carbonyl (C=O) groups excluding carboxylic acids is 1. The van der Waals surface area contributed by atoms with Gasteiger partial charge in [0.2, 0.25) is 10.0 Å². The molecule has 0 bridgehead atoms. The summed E-state index contributed by atoms with van der Waals surface area (Å²) in [6, 6.07) is 16.0. The fourth-order valence-electron chi connectivity index (χ4n) is 4.08. The number of phenolic OH excluding ortho intramolecular Hbond substituents is 2. The van der Waals surface area contributed by atoms with E-state index in [1.54, 1.807) is 24.5 Å². The average Bonchev–Trinajstić information content (AvgIpc) is 2.87. The van der Waals surface area contributed by atoms with Crippen LogP contribution >= 0.6 is 0 Å². The van der Waals surface area contributed by atoms with Crippen LogP contribution in [0, 0.1) is 11.8 Å². The molecule has 2 atom stereocenters. The third kappa shape index (κ3) is 8.54. The summed E-state index contributed by atoms with van der Waals surface area (Å²) in [5, 5.41) is 31.0. The van der Waals surface area contributed by atoms with Gasteiger partial charge in [-0.05, 0) is 24.0 Å². The van der Waals surface area contributed by atoms with Crippen LogP contribution in [0.2, 0.25) is 0 Å². The molecule has 0 radical (unpaired) electrons. The number of aliphatic hydroxyl groups excluding tert-OH is 1. The molecule has 9 nitrogen and oxygen atoms in total. The van der Waals surface area contributed by atoms with Gasteiger partial charge in [0.05, 0.1) is 17.4 Å². The van der Waals surface area contributed by atoms with Crippen LogP contribution in [0.15, 0.2) is 78.0 Å². The lowest BCUT2D eigenvalue weighted by Gasteiger charge is -2.30. The third-order valence-electron chi connectivity index (χ3n) is 5.91. The van der Waals surface area contributed by atoms with E-state index in [9.17, 15) is 28.5 Å². The number of benzene rings is 2. The molecule has 0 saturated heterocycles. The summed E-state index contributed by atoms with van der Waals surface area (Å²) in [5.41, 5.74) is 1.61. The van der Waals surface area contributed by atoms with Crippen molar-refractivity contribution in [3.63, 3.8) is 0 Å². The van der Waals surface area contributed by atoms with E-state index in [2.05, 4.69) is 4.98 Å². The first-order valence-electron chi connectivity index (χ1n) is 12.3. The molecular formula is C28H34N2O7S. The van der Waals surface area contributed by atoms with Crippen LogP contribution in [0.25, 0.3) is 0 Å². The fraction of sp³-hybridized carbons (Fsp3) is 0.357. The molecule has 0 saturated carbocycles. The highest BCUT2D eigenvalue weighted by Crippen LogP contribution is 2.28. The van der Waals surface area contributed by atoms with Crippen LogP contribution in [0.3, 0.4) is 0 Å². The van der Waals surface area contributed by atoms with Crippen molar-refractivity contribution in [1.82, 2.24) is 9.29 Å². The molecule has 3 aromatic rings. The molecule has 3 rings (SSSR count). The van der Waals surface area contributed by atoms with Gasteiger partial charge in [0.25, 0.3) is 0 Å². The van der Waals surface area contributed by atoms with Gasteiger partial charge < -0.3 is 20.1 Å². The van der Waals surface area contributed by atoms with Crippen molar-refractivity contribution in [2.45, 2.75) is 44.3 Å². The minimum atomic E-state index is -4.19. The van der Waals surface area contributed by atoms with Crippen LogP contribution < -0.4 is 0 Å². The van der Waals surface area contributed by atoms with Crippen molar-refractivity contribution in [2.24, 2.45) is 11.8 Å². The van der Waals surface area contributed by atoms with E-state index in [0.717, 1.165) is 33.6 Å². The summed E-state index contributed by atoms with van der Waals surface area (Å²) >= 11 is 0. The van der Waals surface area contributed by atoms with Gasteiger partial charge in [-0.25, -0.2) is 8.42 Å². The molecular weight excluding hydrogens is 508 g/mol. The van der Waals surface area contributed by atoms with Crippen molar-refractivity contribution in [3.05, 3.63) is 84.2 Å². The Balaban J connectivity index is 1.82. The first-order chi connectivity index (χ1) is 18.0. The monoisotopic (exact) mass is 542 g/mol. The zero-order valence-electron chi connectivity index (χ0n) is 21.5. The number of sulfonamides is 1. The number of aromatic hydroxyl groups is 2. The zero-order chi connectivity index (χ0) is 27.7. The summed E-state index contributed by atoms with van der Waals surface area (Å²) in [7, 11) is -4.19. The van der Waals surface area contributed by atoms with Crippen molar-refractivity contribution in [1.29, 1.82) is 0 Å². The number of aromatic nitrogens is 1. The number of carbonyl (C=O) groups is 1. The SMILES string of the molecule is CC(C)CN(C[C@@H](O)[C@@H](CC(=O)OCc1cccnc1)Cc1ccccc1)S(=O)(=O)c1cc(O)cc(O)c1. The average molecular weight is 543 g/mol. The number of esters is 1. The van der Waals surface area contributed by atoms with E-state index >= 15 is 0 Å². The number of hydrogen-bond acceptors (Lipinski definition) is 8. The van der Waals surface area contributed by atoms with Crippen molar-refractivity contribution < 1.29 is 33.3 Å². The topological polar surface area (TPSA) is 137 Å². The molecule has 0 spiro atoms. The molecule has 1 heterocycles. The quantitative estimate of drug-likeness (QED) is 0.279. The second-order valence-corrected chi connectivity index (χ2v) is 11.6. The van der Waals surface area contributed by atoms with Crippen LogP contribution in [0.4, 0.5) is 0 Å². The zero-order valence-corrected chi connectivity index (χ0v) is 22.3. The highest BCUT2D eigenvalue weighted by molar-refractivity contribution is 7.89. The van der Waals surface area contributed by atoms with Crippen LogP contribution in [0.1, 0.15) is 31.4 Å². The number of hydrogen-bond donors (Lipinski definition) is 3. The predicted molar refractivity (Wildman–Crippen MR) is 142 cm³/mol. The third-order valence-corrected chi connectivity index (χ3v) is 7.72. The summed E-state index contributed by atoms with van der Waals surface area (Å²) in [6.07, 6.45) is 2.20. The Labute approximate surface area is 223 Å². The Kier molecular flexibility index (Phi) is 10.2. The second-order valence-electron chi connectivity index (χ2n) is 9.64. The van der Waals surface area contributed by atoms with Gasteiger partial charge in [0.1, 0.15) is 18.1 Å². The molecule has 0 unspecified atom stereocenters. The van der Waals surface area contributed by atoms with Crippen LogP contribution in [0.5, 0.6) is 11.5 Å². The lowest BCUT2D eigenvalue weighted by Crippen LogP contribution is -2.43. The van der Waals surface area contributed by atoms with E-state index in [-0.39, 0.29) is 36.9 Å². The van der Waals surface area contributed by atoms with E-state index in [0.29, 0.717) is 6.42 Å². The standard InChI is InChI=1S/C28H34N2O7S/c1-20(2)17-30(38(35,36)26-14-24(31)13-25(32)15-26)18-27(33)23(11-21-7-4-3-5-8-21)12-28(34)37-19-22-9-6-10-29-16-22/h3-10,13-16,20,23,27,31-33H,11-12,17-19H2,1-2H3/t23-,27-/m1/s1. The number of pyridine rings is 1. The molecule has 0 amide bonds. The van der Waals surface area contributed by atoms with Gasteiger partial charge in [-0.2, -0.15) is 4.31 Å². The molecule has 3 N–H and O–H groups in total. The lowest BCUT2D eigenvalue weighted by atomic mass is 9.90. The van der Waals surface area contributed by atoms with E-state index < -0.39 is 39.5 Å².